The largest absolute Gasteiger partial charge is 0.384 e. The van der Waals surface area contributed by atoms with Crippen molar-refractivity contribution in [2.75, 3.05) is 5.32 Å². The number of Topliss-reactive ketones (excluding diaryl/α,β-unsaturated/α-hetero) is 1. The van der Waals surface area contributed by atoms with Crippen molar-refractivity contribution in [2.45, 2.75) is 13.0 Å². The highest BCUT2D eigenvalue weighted by atomic mass is 16.3. The summed E-state index contributed by atoms with van der Waals surface area (Å²) in [6.45, 7) is 1.40. The summed E-state index contributed by atoms with van der Waals surface area (Å²) >= 11 is 0. The summed E-state index contributed by atoms with van der Waals surface area (Å²) in [5, 5.41) is 13.1. The zero-order valence-electron chi connectivity index (χ0n) is 12.9. The molecule has 0 aromatic heterocycles. The third kappa shape index (κ3) is 2.89. The molecule has 120 valence electrons. The lowest BCUT2D eigenvalue weighted by Crippen LogP contribution is -2.21. The van der Waals surface area contributed by atoms with Gasteiger partial charge in [0.25, 0.3) is 0 Å². The van der Waals surface area contributed by atoms with Gasteiger partial charge in [0, 0.05) is 29.3 Å². The standard InChI is InChI=1S/C19H15NO4/c1-11(21)20-13-8-6-12(7-9-13)18(23)16-10-17(22)14-4-2-3-5-15(14)19(16)24/h2-10,18,23H,1H3,(H,20,21). The fraction of sp³-hybridized carbons (Fsp3) is 0.105. The number of amides is 1. The molecule has 0 heterocycles. The van der Waals surface area contributed by atoms with Crippen LogP contribution >= 0.6 is 0 Å². The minimum Gasteiger partial charge on any atom is -0.384 e. The summed E-state index contributed by atoms with van der Waals surface area (Å²) in [5.41, 5.74) is 1.75. The SMILES string of the molecule is CC(=O)Nc1ccc(C(O)C2=CC(=O)c3ccccc3C2=O)cc1. The number of carbonyl (C=O) groups excluding carboxylic acids is 3. The number of benzene rings is 2. The Labute approximate surface area is 138 Å². The first-order chi connectivity index (χ1) is 11.5. The van der Waals surface area contributed by atoms with Gasteiger partial charge in [0.15, 0.2) is 11.6 Å². The average Bonchev–Trinajstić information content (AvgIpc) is 2.58. The summed E-state index contributed by atoms with van der Waals surface area (Å²) < 4.78 is 0. The molecule has 0 fully saturated rings. The second kappa shape index (κ2) is 6.22. The lowest BCUT2D eigenvalue weighted by molar-refractivity contribution is -0.114. The number of nitrogens with one attached hydrogen (secondary N) is 1. The molecule has 0 saturated heterocycles. The van der Waals surface area contributed by atoms with E-state index >= 15 is 0 Å². The smallest absolute Gasteiger partial charge is 0.221 e. The normalized spacial score (nSPS) is 14.7. The lowest BCUT2D eigenvalue weighted by atomic mass is 9.85. The molecule has 2 aromatic rings. The Morgan fingerprint density at radius 3 is 2.25 bits per heavy atom. The van der Waals surface area contributed by atoms with E-state index < -0.39 is 6.10 Å². The Hall–Kier alpha value is -3.05. The van der Waals surface area contributed by atoms with Gasteiger partial charge in [-0.2, -0.15) is 0 Å². The molecule has 1 amide bonds. The van der Waals surface area contributed by atoms with E-state index in [0.717, 1.165) is 0 Å². The third-order valence-corrected chi connectivity index (χ3v) is 3.83. The van der Waals surface area contributed by atoms with Crippen LogP contribution in [-0.2, 0) is 4.79 Å². The zero-order valence-corrected chi connectivity index (χ0v) is 12.9. The van der Waals surface area contributed by atoms with Gasteiger partial charge in [0.05, 0.1) is 0 Å². The Balaban J connectivity index is 1.90. The minimum absolute atomic E-state index is 0.0472. The molecule has 24 heavy (non-hydrogen) atoms. The molecular formula is C19H15NO4. The maximum atomic E-state index is 12.6. The third-order valence-electron chi connectivity index (χ3n) is 3.83. The second-order valence-electron chi connectivity index (χ2n) is 5.54. The Morgan fingerprint density at radius 1 is 1.00 bits per heavy atom. The highest BCUT2D eigenvalue weighted by molar-refractivity contribution is 6.24. The summed E-state index contributed by atoms with van der Waals surface area (Å²) in [6.07, 6.45) is -0.0157. The second-order valence-corrected chi connectivity index (χ2v) is 5.54. The van der Waals surface area contributed by atoms with Gasteiger partial charge in [-0.1, -0.05) is 36.4 Å². The van der Waals surface area contributed by atoms with Crippen LogP contribution in [0.25, 0.3) is 0 Å². The lowest BCUT2D eigenvalue weighted by Gasteiger charge is -2.19. The number of fused-ring (bicyclic) bond motifs is 1. The first-order valence-electron chi connectivity index (χ1n) is 7.42. The number of aliphatic hydroxyl groups excluding tert-OH is 1. The number of anilines is 1. The molecule has 0 aliphatic heterocycles. The minimum atomic E-state index is -1.21. The van der Waals surface area contributed by atoms with Gasteiger partial charge in [-0.3, -0.25) is 14.4 Å². The molecule has 2 N–H and O–H groups in total. The molecular weight excluding hydrogens is 306 g/mol. The fourth-order valence-electron chi connectivity index (χ4n) is 2.67. The number of carbonyl (C=O) groups is 3. The molecule has 0 saturated carbocycles. The fourth-order valence-corrected chi connectivity index (χ4v) is 2.67. The summed E-state index contributed by atoms with van der Waals surface area (Å²) in [6, 6.07) is 13.0. The Bertz CT molecular complexity index is 865. The molecule has 5 heteroatoms. The van der Waals surface area contributed by atoms with Crippen molar-refractivity contribution in [3.63, 3.8) is 0 Å². The highest BCUT2D eigenvalue weighted by Crippen LogP contribution is 2.30. The van der Waals surface area contributed by atoms with Crippen molar-refractivity contribution in [3.05, 3.63) is 76.9 Å². The molecule has 0 spiro atoms. The van der Waals surface area contributed by atoms with Crippen molar-refractivity contribution in [1.29, 1.82) is 0 Å². The summed E-state index contributed by atoms with van der Waals surface area (Å²) in [4.78, 5) is 35.7. The highest BCUT2D eigenvalue weighted by Gasteiger charge is 2.29. The van der Waals surface area contributed by atoms with Crippen molar-refractivity contribution >= 4 is 23.2 Å². The van der Waals surface area contributed by atoms with Gasteiger partial charge in [0.2, 0.25) is 5.91 Å². The van der Waals surface area contributed by atoms with Crippen molar-refractivity contribution in [3.8, 4) is 0 Å². The number of rotatable bonds is 3. The zero-order chi connectivity index (χ0) is 17.3. The first-order valence-corrected chi connectivity index (χ1v) is 7.42. The van der Waals surface area contributed by atoms with Crippen molar-refractivity contribution in [2.24, 2.45) is 0 Å². The van der Waals surface area contributed by atoms with Gasteiger partial charge in [-0.05, 0) is 23.8 Å². The van der Waals surface area contributed by atoms with Crippen molar-refractivity contribution in [1.82, 2.24) is 0 Å². The average molecular weight is 321 g/mol. The first kappa shape index (κ1) is 15.8. The van der Waals surface area contributed by atoms with E-state index in [9.17, 15) is 19.5 Å². The Kier molecular flexibility index (Phi) is 4.10. The molecule has 1 atom stereocenters. The molecule has 3 rings (SSSR count). The van der Waals surface area contributed by atoms with E-state index in [-0.39, 0.29) is 23.0 Å². The van der Waals surface area contributed by atoms with Crippen molar-refractivity contribution < 1.29 is 19.5 Å². The quantitative estimate of drug-likeness (QED) is 0.910. The molecule has 5 nitrogen and oxygen atoms in total. The summed E-state index contributed by atoms with van der Waals surface area (Å²) in [7, 11) is 0. The van der Waals surface area contributed by atoms with Gasteiger partial charge in [0.1, 0.15) is 6.10 Å². The molecule has 1 aliphatic rings. The number of aliphatic hydroxyl groups is 1. The van der Waals surface area contributed by atoms with Crippen LogP contribution in [0, 0.1) is 0 Å². The van der Waals surface area contributed by atoms with Crippen LogP contribution in [0.5, 0.6) is 0 Å². The molecule has 1 unspecified atom stereocenters. The van der Waals surface area contributed by atoms with Crippen LogP contribution in [-0.4, -0.2) is 22.6 Å². The van der Waals surface area contributed by atoms with Crippen LogP contribution in [0.1, 0.15) is 39.3 Å². The van der Waals surface area contributed by atoms with Gasteiger partial charge in [-0.15, -0.1) is 0 Å². The van der Waals surface area contributed by atoms with E-state index in [1.54, 1.807) is 48.5 Å². The maximum Gasteiger partial charge on any atom is 0.221 e. The number of hydrogen-bond donors (Lipinski definition) is 2. The molecule has 0 bridgehead atoms. The van der Waals surface area contributed by atoms with Gasteiger partial charge in [-0.25, -0.2) is 0 Å². The number of hydrogen-bond acceptors (Lipinski definition) is 4. The molecule has 1 aliphatic carbocycles. The topological polar surface area (TPSA) is 83.5 Å². The van der Waals surface area contributed by atoms with Gasteiger partial charge >= 0.3 is 0 Å². The van der Waals surface area contributed by atoms with Crippen LogP contribution in [0.4, 0.5) is 5.69 Å². The molecule has 2 aromatic carbocycles. The van der Waals surface area contributed by atoms with Gasteiger partial charge < -0.3 is 10.4 Å². The van der Waals surface area contributed by atoms with E-state index in [4.69, 9.17) is 0 Å². The van der Waals surface area contributed by atoms with Crippen LogP contribution < -0.4 is 5.32 Å². The molecule has 0 radical (unpaired) electrons. The number of allylic oxidation sites excluding steroid dienone is 1. The van der Waals surface area contributed by atoms with Crippen LogP contribution in [0.15, 0.2) is 60.2 Å². The monoisotopic (exact) mass is 321 g/mol. The van der Waals surface area contributed by atoms with E-state index in [2.05, 4.69) is 5.32 Å². The maximum absolute atomic E-state index is 12.6. The van der Waals surface area contributed by atoms with Crippen LogP contribution in [0.3, 0.4) is 0 Å². The Morgan fingerprint density at radius 2 is 1.62 bits per heavy atom. The van der Waals surface area contributed by atoms with Crippen LogP contribution in [0.2, 0.25) is 0 Å². The predicted molar refractivity (Wildman–Crippen MR) is 88.9 cm³/mol. The van der Waals surface area contributed by atoms with E-state index in [0.29, 0.717) is 22.4 Å². The van der Waals surface area contributed by atoms with E-state index in [1.807, 2.05) is 0 Å². The summed E-state index contributed by atoms with van der Waals surface area (Å²) in [5.74, 6) is -0.853. The van der Waals surface area contributed by atoms with E-state index in [1.165, 1.54) is 13.0 Å². The number of ketones is 2. The predicted octanol–water partition coefficient (Wildman–Crippen LogP) is 2.68.